The minimum absolute atomic E-state index is 0.866. The Balaban J connectivity index is 1.87. The van der Waals surface area contributed by atoms with Gasteiger partial charge in [0.2, 0.25) is 0 Å². The van der Waals surface area contributed by atoms with E-state index in [9.17, 15) is 0 Å². The van der Waals surface area contributed by atoms with Crippen LogP contribution in [0.15, 0.2) is 49.6 Å². The van der Waals surface area contributed by atoms with Gasteiger partial charge in [-0.3, -0.25) is 0 Å². The number of hydrogen-bond donors (Lipinski definition) is 0. The molecule has 0 aliphatic carbocycles. The molecular formula is C27H15O3Pm3. The third-order valence-electron chi connectivity index (χ3n) is 6.78. The molecule has 0 saturated heterocycles. The molecule has 0 fully saturated rings. The van der Waals surface area contributed by atoms with Crippen molar-refractivity contribution < 1.29 is 128 Å². The first-order valence-electron chi connectivity index (χ1n) is 10.6. The van der Waals surface area contributed by atoms with Gasteiger partial charge < -0.3 is 0 Å². The molecule has 3 heterocycles. The molecule has 0 atom stereocenters. The summed E-state index contributed by atoms with van der Waals surface area (Å²) in [5.74, 6) is 0. The van der Waals surface area contributed by atoms with E-state index in [1.165, 1.54) is 136 Å². The summed E-state index contributed by atoms with van der Waals surface area (Å²) in [4.78, 5) is 0. The Hall–Kier alpha value is 0.293. The summed E-state index contributed by atoms with van der Waals surface area (Å²) in [6.45, 7) is 6.45. The van der Waals surface area contributed by atoms with Crippen molar-refractivity contribution in [3.8, 4) is 0 Å². The Morgan fingerprint density at radius 2 is 0.848 bits per heavy atom. The summed E-state index contributed by atoms with van der Waals surface area (Å²) in [6, 6.07) is 13.4. The van der Waals surface area contributed by atoms with Gasteiger partial charge in [0.05, 0.1) is 0 Å². The Labute approximate surface area is 266 Å². The third kappa shape index (κ3) is 3.20. The van der Waals surface area contributed by atoms with Crippen molar-refractivity contribution in [1.29, 1.82) is 0 Å². The van der Waals surface area contributed by atoms with Crippen LogP contribution in [0.1, 0.15) is 16.7 Å². The van der Waals surface area contributed by atoms with Crippen molar-refractivity contribution in [3.63, 3.8) is 0 Å². The van der Waals surface area contributed by atoms with Gasteiger partial charge in [-0.2, -0.15) is 0 Å². The molecule has 0 radical (unpaired) electrons. The van der Waals surface area contributed by atoms with Crippen LogP contribution < -0.4 is 3.84 Å². The van der Waals surface area contributed by atoms with Crippen LogP contribution in [0.25, 0.3) is 65.8 Å². The topological polar surface area (TPSA) is 39.4 Å². The van der Waals surface area contributed by atoms with Crippen LogP contribution in [0.5, 0.6) is 0 Å². The van der Waals surface area contributed by atoms with Gasteiger partial charge in [0.15, 0.2) is 0 Å². The predicted octanol–water partition coefficient (Wildman–Crippen LogP) is 5.83. The van der Waals surface area contributed by atoms with Crippen LogP contribution in [0.3, 0.4) is 0 Å². The maximum absolute atomic E-state index is 6.61. The van der Waals surface area contributed by atoms with Crippen LogP contribution >= 0.6 is 0 Å². The Morgan fingerprint density at radius 1 is 0.455 bits per heavy atom. The molecule has 156 valence electrons. The van der Waals surface area contributed by atoms with E-state index in [0.29, 0.717) is 0 Å². The predicted molar refractivity (Wildman–Crippen MR) is 121 cm³/mol. The van der Waals surface area contributed by atoms with Crippen molar-refractivity contribution >= 4 is 69.7 Å². The molecule has 0 bridgehead atoms. The van der Waals surface area contributed by atoms with E-state index in [1.54, 1.807) is 0 Å². The number of rotatable bonds is 0. The van der Waals surface area contributed by atoms with Gasteiger partial charge >= 0.3 is 272 Å². The van der Waals surface area contributed by atoms with Gasteiger partial charge in [0, 0.05) is 0 Å². The average Bonchev–Trinajstić information content (AvgIpc) is 3.41. The standard InChI is InChI=1S/C27H15O3.3Pm/c1-13-8-9-17-20(10-13)29-27-23(17)25-22(16-6-4-5-7-19(16)28-25)26-24(27)18-11-14(2)15(3)12-21(18)30-26;;;/h6-7,9-12H,1-3H3;;;. The van der Waals surface area contributed by atoms with Crippen molar-refractivity contribution in [1.82, 2.24) is 0 Å². The van der Waals surface area contributed by atoms with E-state index < -0.39 is 0 Å². The fourth-order valence-corrected chi connectivity index (χ4v) is 6.74. The van der Waals surface area contributed by atoms with Crippen LogP contribution in [0.4, 0.5) is 0 Å². The van der Waals surface area contributed by atoms with Gasteiger partial charge in [0.25, 0.3) is 0 Å². The van der Waals surface area contributed by atoms with E-state index >= 15 is 0 Å². The Morgan fingerprint density at radius 3 is 1.42 bits per heavy atom. The fourth-order valence-electron chi connectivity index (χ4n) is 4.91. The Kier molecular flexibility index (Phi) is 5.38. The quantitative estimate of drug-likeness (QED) is 0.194. The molecular weight excluding hydrogens is 807 g/mol. The first-order valence-corrected chi connectivity index (χ1v) is 14.9. The summed E-state index contributed by atoms with van der Waals surface area (Å²) in [7, 11) is 0. The number of furan rings is 3. The average molecular weight is 822 g/mol. The molecule has 0 aliphatic rings. The molecule has 0 N–H and O–H groups in total. The van der Waals surface area contributed by atoms with Crippen molar-refractivity contribution in [2.45, 2.75) is 20.8 Å². The Bertz CT molecular complexity index is 1730. The van der Waals surface area contributed by atoms with Crippen LogP contribution in [-0.4, -0.2) is 0 Å². The summed E-state index contributed by atoms with van der Waals surface area (Å²) in [6.07, 6.45) is 0. The van der Waals surface area contributed by atoms with Crippen molar-refractivity contribution in [2.24, 2.45) is 0 Å². The zero-order chi connectivity index (χ0) is 22.8. The fraction of sp³-hybridized carbons (Fsp3) is 0.111. The van der Waals surface area contributed by atoms with Crippen molar-refractivity contribution in [2.75, 3.05) is 0 Å². The number of fused-ring (bicyclic) bond motifs is 12. The zero-order valence-corrected chi connectivity index (χ0v) is 26.6. The second-order valence-corrected chi connectivity index (χ2v) is 13.5. The molecule has 3 aromatic heterocycles. The second kappa shape index (κ2) is 7.89. The van der Waals surface area contributed by atoms with Gasteiger partial charge in [-0.1, -0.05) is 0 Å². The molecule has 0 amide bonds. The summed E-state index contributed by atoms with van der Waals surface area (Å²) >= 11 is 3.72. The molecule has 0 spiro atoms. The summed E-state index contributed by atoms with van der Waals surface area (Å²) < 4.78 is 23.9. The van der Waals surface area contributed by atoms with E-state index in [0.717, 1.165) is 65.8 Å². The molecule has 0 aliphatic heterocycles. The van der Waals surface area contributed by atoms with Gasteiger partial charge in [-0.25, -0.2) is 0 Å². The summed E-state index contributed by atoms with van der Waals surface area (Å²) in [5.41, 5.74) is 9.11. The van der Waals surface area contributed by atoms with Crippen molar-refractivity contribution in [3.05, 3.63) is 53.1 Å². The monoisotopic (exact) mass is 822 g/mol. The van der Waals surface area contributed by atoms with E-state index in [-0.39, 0.29) is 0 Å². The molecule has 7 aromatic rings. The van der Waals surface area contributed by atoms with E-state index in [1.807, 2.05) is 0 Å². The van der Waals surface area contributed by atoms with Gasteiger partial charge in [-0.05, 0) is 0 Å². The maximum atomic E-state index is 6.61. The molecule has 4 aromatic carbocycles. The summed E-state index contributed by atoms with van der Waals surface area (Å²) in [5, 5.41) is 6.57. The number of aryl methyl sites for hydroxylation is 3. The first-order chi connectivity index (χ1) is 15.8. The van der Waals surface area contributed by atoms with Gasteiger partial charge in [0.1, 0.15) is 0 Å². The van der Waals surface area contributed by atoms with E-state index in [2.05, 4.69) is 57.2 Å². The second-order valence-electron chi connectivity index (χ2n) is 8.82. The number of benzene rings is 4. The van der Waals surface area contributed by atoms with E-state index in [4.69, 9.17) is 13.3 Å². The zero-order valence-electron chi connectivity index (χ0n) is 18.0. The third-order valence-corrected chi connectivity index (χ3v) is 12.7. The normalized spacial score (nSPS) is 12.5. The molecule has 3 nitrogen and oxygen atoms in total. The first kappa shape index (κ1) is 22.5. The SMILES string of the molecule is Cc1cc2oc3c(c2cc1C)c1oc2cc(C)[c]([Pm])cc2c1c1oc2c[c]([Pm])[c]([Pm])cc2c31. The van der Waals surface area contributed by atoms with Crippen LogP contribution in [0, 0.1) is 136 Å². The minimum atomic E-state index is 0.866. The number of hydrogen-bond acceptors (Lipinski definition) is 3. The molecule has 33 heavy (non-hydrogen) atoms. The molecule has 0 unspecified atom stereocenters. The molecule has 7 rings (SSSR count). The molecule has 6 heteroatoms. The van der Waals surface area contributed by atoms with Gasteiger partial charge in [-0.15, -0.1) is 0 Å². The molecule has 0 saturated carbocycles. The van der Waals surface area contributed by atoms with Crippen LogP contribution in [-0.2, 0) is 0 Å². The van der Waals surface area contributed by atoms with Crippen LogP contribution in [0.2, 0.25) is 0 Å².